The summed E-state index contributed by atoms with van der Waals surface area (Å²) in [6.45, 7) is 1.23. The number of nitrogens with one attached hydrogen (secondary N) is 1. The smallest absolute Gasteiger partial charge is 0.216 e. The molecule has 0 radical (unpaired) electrons. The van der Waals surface area contributed by atoms with Crippen molar-refractivity contribution in [3.63, 3.8) is 0 Å². The van der Waals surface area contributed by atoms with Crippen molar-refractivity contribution in [2.75, 3.05) is 6.61 Å². The molecule has 2 rings (SSSR count). The summed E-state index contributed by atoms with van der Waals surface area (Å²) in [5.41, 5.74) is 0. The van der Waals surface area contributed by atoms with Crippen LogP contribution >= 0.6 is 0 Å². The predicted octanol–water partition coefficient (Wildman–Crippen LogP) is 0.475. The second-order valence-corrected chi connectivity index (χ2v) is 6.99. The van der Waals surface area contributed by atoms with Crippen LogP contribution in [0, 0.1) is 11.8 Å². The van der Waals surface area contributed by atoms with E-state index in [9.17, 15) is 8.42 Å². The van der Waals surface area contributed by atoms with E-state index in [0.717, 1.165) is 25.7 Å². The Hall–Kier alpha value is -0.130. The lowest BCUT2D eigenvalue weighted by Crippen LogP contribution is -2.43. The van der Waals surface area contributed by atoms with Crippen molar-refractivity contribution in [3.8, 4) is 0 Å². The van der Waals surface area contributed by atoms with Crippen LogP contribution in [0.1, 0.15) is 32.6 Å². The molecule has 2 fully saturated rings. The van der Waals surface area contributed by atoms with Crippen LogP contribution in [0.15, 0.2) is 0 Å². The van der Waals surface area contributed by atoms with Crippen LogP contribution in [0.3, 0.4) is 0 Å². The zero-order valence-electron chi connectivity index (χ0n) is 9.02. The van der Waals surface area contributed by atoms with Crippen molar-refractivity contribution in [2.45, 2.75) is 43.9 Å². The molecule has 2 aliphatic rings. The van der Waals surface area contributed by atoms with Crippen molar-refractivity contribution >= 4 is 10.0 Å². The lowest BCUT2D eigenvalue weighted by atomic mass is 10.1. The van der Waals surface area contributed by atoms with Crippen LogP contribution < -0.4 is 4.72 Å². The summed E-state index contributed by atoms with van der Waals surface area (Å²) >= 11 is 0. The molecule has 2 saturated carbocycles. The van der Waals surface area contributed by atoms with Gasteiger partial charge in [-0.2, -0.15) is 0 Å². The van der Waals surface area contributed by atoms with Crippen LogP contribution in [0.4, 0.5) is 0 Å². The predicted molar refractivity (Wildman–Crippen MR) is 57.8 cm³/mol. The fourth-order valence-electron chi connectivity index (χ4n) is 1.89. The molecule has 0 saturated heterocycles. The molecule has 0 aromatic heterocycles. The summed E-state index contributed by atoms with van der Waals surface area (Å²) < 4.78 is 26.3. The Labute approximate surface area is 91.1 Å². The fraction of sp³-hybridized carbons (Fsp3) is 1.00. The van der Waals surface area contributed by atoms with Gasteiger partial charge >= 0.3 is 0 Å². The largest absolute Gasteiger partial charge is 0.395 e. The van der Waals surface area contributed by atoms with Crippen molar-refractivity contribution in [2.24, 2.45) is 11.8 Å². The third-order valence-electron chi connectivity index (χ3n) is 3.35. The molecule has 0 spiro atoms. The molecule has 0 bridgehead atoms. The lowest BCUT2D eigenvalue weighted by molar-refractivity contribution is 0.294. The summed E-state index contributed by atoms with van der Waals surface area (Å²) in [5, 5.41) is 8.18. The van der Waals surface area contributed by atoms with Gasteiger partial charge in [-0.3, -0.25) is 0 Å². The summed E-state index contributed by atoms with van der Waals surface area (Å²) in [6.07, 6.45) is 4.60. The molecule has 4 nitrogen and oxygen atoms in total. The first-order chi connectivity index (χ1) is 7.04. The van der Waals surface area contributed by atoms with E-state index in [1.165, 1.54) is 0 Å². The van der Waals surface area contributed by atoms with Gasteiger partial charge in [-0.15, -0.1) is 0 Å². The highest BCUT2D eigenvalue weighted by Crippen LogP contribution is 2.44. The zero-order valence-corrected chi connectivity index (χ0v) is 9.83. The Kier molecular flexibility index (Phi) is 3.05. The third-order valence-corrected chi connectivity index (χ3v) is 5.16. The minimum atomic E-state index is -3.32. The van der Waals surface area contributed by atoms with Crippen molar-refractivity contribution in [3.05, 3.63) is 0 Å². The average molecular weight is 233 g/mol. The Morgan fingerprint density at radius 1 is 1.27 bits per heavy atom. The van der Waals surface area contributed by atoms with Crippen LogP contribution in [0.25, 0.3) is 0 Å². The Morgan fingerprint density at radius 2 is 1.73 bits per heavy atom. The van der Waals surface area contributed by atoms with E-state index in [2.05, 4.69) is 4.72 Å². The minimum absolute atomic E-state index is 0.143. The number of hydrogen-bond donors (Lipinski definition) is 2. The van der Waals surface area contributed by atoms with Gasteiger partial charge in [0.1, 0.15) is 0 Å². The normalized spacial score (nSPS) is 24.5. The second kappa shape index (κ2) is 4.03. The van der Waals surface area contributed by atoms with E-state index in [4.69, 9.17) is 5.11 Å². The van der Waals surface area contributed by atoms with Gasteiger partial charge in [-0.1, -0.05) is 0 Å². The first-order valence-electron chi connectivity index (χ1n) is 5.66. The van der Waals surface area contributed by atoms with Gasteiger partial charge in [0.25, 0.3) is 0 Å². The van der Waals surface area contributed by atoms with Gasteiger partial charge in [-0.05, 0) is 44.4 Å². The Balaban J connectivity index is 1.98. The van der Waals surface area contributed by atoms with Crippen molar-refractivity contribution in [1.29, 1.82) is 0 Å². The number of aliphatic hydroxyl groups excluding tert-OH is 1. The van der Waals surface area contributed by atoms with Gasteiger partial charge < -0.3 is 5.11 Å². The van der Waals surface area contributed by atoms with Gasteiger partial charge in [-0.25, -0.2) is 13.1 Å². The number of rotatable bonds is 6. The highest BCUT2D eigenvalue weighted by atomic mass is 32.2. The highest BCUT2D eigenvalue weighted by molar-refractivity contribution is 7.90. The van der Waals surface area contributed by atoms with Gasteiger partial charge in [0.05, 0.1) is 11.9 Å². The topological polar surface area (TPSA) is 66.4 Å². The quantitative estimate of drug-likeness (QED) is 0.701. The maximum absolute atomic E-state index is 11.8. The molecule has 15 heavy (non-hydrogen) atoms. The Morgan fingerprint density at radius 3 is 2.07 bits per heavy atom. The zero-order chi connectivity index (χ0) is 11.1. The number of sulfonamides is 1. The first-order valence-corrected chi connectivity index (χ1v) is 7.21. The van der Waals surface area contributed by atoms with Gasteiger partial charge in [0, 0.05) is 6.04 Å². The molecular weight excluding hydrogens is 214 g/mol. The molecule has 2 aliphatic carbocycles. The molecule has 88 valence electrons. The number of aliphatic hydroxyl groups is 1. The van der Waals surface area contributed by atoms with Crippen molar-refractivity contribution in [1.82, 2.24) is 4.72 Å². The molecule has 1 atom stereocenters. The Bertz CT molecular complexity index is 308. The molecule has 0 heterocycles. The van der Waals surface area contributed by atoms with Crippen LogP contribution in [-0.2, 0) is 10.0 Å². The minimum Gasteiger partial charge on any atom is -0.395 e. The average Bonchev–Trinajstić information content (AvgIpc) is 3.04. The maximum atomic E-state index is 11.8. The lowest BCUT2D eigenvalue weighted by Gasteiger charge is -2.20. The fourth-order valence-corrected chi connectivity index (χ4v) is 3.08. The molecule has 0 aliphatic heterocycles. The SMILES string of the molecule is CC(CO)S(=O)(=O)NC(C1CC1)C1CC1. The second-order valence-electron chi connectivity index (χ2n) is 4.86. The van der Waals surface area contributed by atoms with E-state index in [0.29, 0.717) is 11.8 Å². The molecule has 5 heteroatoms. The highest BCUT2D eigenvalue weighted by Gasteiger charge is 2.43. The van der Waals surface area contributed by atoms with E-state index in [-0.39, 0.29) is 12.6 Å². The first kappa shape index (κ1) is 11.4. The summed E-state index contributed by atoms with van der Waals surface area (Å²) in [5.74, 6) is 1.11. The number of hydrogen-bond acceptors (Lipinski definition) is 3. The van der Waals surface area contributed by atoms with E-state index in [1.807, 2.05) is 0 Å². The van der Waals surface area contributed by atoms with E-state index < -0.39 is 15.3 Å². The van der Waals surface area contributed by atoms with Crippen molar-refractivity contribution < 1.29 is 13.5 Å². The standard InChI is InChI=1S/C10H19NO3S/c1-7(6-12)15(13,14)11-10(8-2-3-8)9-4-5-9/h7-12H,2-6H2,1H3. The molecule has 2 N–H and O–H groups in total. The van der Waals surface area contributed by atoms with Crippen LogP contribution in [-0.4, -0.2) is 31.4 Å². The molecule has 0 amide bonds. The summed E-state index contributed by atoms with van der Waals surface area (Å²) in [7, 11) is -3.32. The maximum Gasteiger partial charge on any atom is 0.216 e. The molecule has 0 aromatic carbocycles. The monoisotopic (exact) mass is 233 g/mol. The van der Waals surface area contributed by atoms with Crippen LogP contribution in [0.5, 0.6) is 0 Å². The third kappa shape index (κ3) is 2.71. The van der Waals surface area contributed by atoms with E-state index in [1.54, 1.807) is 6.92 Å². The van der Waals surface area contributed by atoms with Crippen LogP contribution in [0.2, 0.25) is 0 Å². The molecule has 1 unspecified atom stereocenters. The van der Waals surface area contributed by atoms with Gasteiger partial charge in [0.2, 0.25) is 10.0 Å². The molecule has 0 aromatic rings. The van der Waals surface area contributed by atoms with E-state index >= 15 is 0 Å². The summed E-state index contributed by atoms with van der Waals surface area (Å²) in [4.78, 5) is 0. The summed E-state index contributed by atoms with van der Waals surface area (Å²) in [6, 6.07) is 0.143. The van der Waals surface area contributed by atoms with Gasteiger partial charge in [0.15, 0.2) is 0 Å². The molecular formula is C10H19NO3S.